The minimum atomic E-state index is -0.647. The highest BCUT2D eigenvalue weighted by atomic mass is 16.2. The van der Waals surface area contributed by atoms with Crippen molar-refractivity contribution in [2.24, 2.45) is 5.73 Å². The van der Waals surface area contributed by atoms with Crippen LogP contribution >= 0.6 is 0 Å². The molecule has 1 atom stereocenters. The first kappa shape index (κ1) is 17.3. The molecule has 0 fully saturated rings. The Kier molecular flexibility index (Phi) is 5.78. The molecule has 0 aliphatic rings. The van der Waals surface area contributed by atoms with E-state index in [1.807, 2.05) is 50.2 Å². The first-order valence-electron chi connectivity index (χ1n) is 7.74. The molecule has 0 aliphatic carbocycles. The molecule has 0 saturated carbocycles. The fourth-order valence-corrected chi connectivity index (χ4v) is 2.25. The van der Waals surface area contributed by atoms with Crippen LogP contribution in [-0.2, 0) is 4.79 Å². The van der Waals surface area contributed by atoms with E-state index >= 15 is 0 Å². The third-order valence-electron chi connectivity index (χ3n) is 3.27. The lowest BCUT2D eigenvalue weighted by molar-refractivity contribution is -0.118. The second-order valence-electron chi connectivity index (χ2n) is 5.72. The lowest BCUT2D eigenvalue weighted by Gasteiger charge is -2.18. The third kappa shape index (κ3) is 5.01. The van der Waals surface area contributed by atoms with Crippen molar-refractivity contribution in [3.05, 3.63) is 60.2 Å². The van der Waals surface area contributed by atoms with Crippen molar-refractivity contribution in [1.82, 2.24) is 5.32 Å². The monoisotopic (exact) mass is 326 g/mol. The standard InChI is InChI=1S/C18H22N4O2/c1-12(2)20-18(24)22-15-10-6-9-14(11-15)21-16(17(19)23)13-7-4-3-5-8-13/h3-12,16,21H,1-2H3,(H2,19,23)(H2,20,22,24)/t16-/m0/s1. The Morgan fingerprint density at radius 1 is 0.958 bits per heavy atom. The van der Waals surface area contributed by atoms with Crippen molar-refractivity contribution in [1.29, 1.82) is 0 Å². The number of hydrogen-bond acceptors (Lipinski definition) is 3. The Morgan fingerprint density at radius 2 is 1.62 bits per heavy atom. The quantitative estimate of drug-likeness (QED) is 0.657. The number of anilines is 2. The van der Waals surface area contributed by atoms with Gasteiger partial charge in [0.2, 0.25) is 5.91 Å². The summed E-state index contributed by atoms with van der Waals surface area (Å²) in [4.78, 5) is 23.5. The molecule has 0 saturated heterocycles. The van der Waals surface area contributed by atoms with Crippen LogP contribution in [0.5, 0.6) is 0 Å². The van der Waals surface area contributed by atoms with E-state index in [2.05, 4.69) is 16.0 Å². The van der Waals surface area contributed by atoms with Gasteiger partial charge in [0.15, 0.2) is 0 Å². The summed E-state index contributed by atoms with van der Waals surface area (Å²) < 4.78 is 0. The Labute approximate surface area is 141 Å². The summed E-state index contributed by atoms with van der Waals surface area (Å²) in [6, 6.07) is 15.5. The van der Waals surface area contributed by atoms with Gasteiger partial charge in [-0.3, -0.25) is 4.79 Å². The summed E-state index contributed by atoms with van der Waals surface area (Å²) in [5.74, 6) is -0.475. The maximum absolute atomic E-state index is 11.8. The second-order valence-corrected chi connectivity index (χ2v) is 5.72. The number of urea groups is 1. The van der Waals surface area contributed by atoms with E-state index in [1.54, 1.807) is 18.2 Å². The number of nitrogens with two attached hydrogens (primary N) is 1. The summed E-state index contributed by atoms with van der Waals surface area (Å²) in [6.07, 6.45) is 0. The number of primary amides is 1. The van der Waals surface area contributed by atoms with Gasteiger partial charge in [-0.25, -0.2) is 4.79 Å². The number of carbonyl (C=O) groups is 2. The molecular weight excluding hydrogens is 304 g/mol. The number of benzene rings is 2. The Balaban J connectivity index is 2.12. The molecule has 0 bridgehead atoms. The molecule has 2 aromatic rings. The van der Waals surface area contributed by atoms with Crippen molar-refractivity contribution in [2.45, 2.75) is 25.9 Å². The highest BCUT2D eigenvalue weighted by molar-refractivity contribution is 5.90. The van der Waals surface area contributed by atoms with Crippen molar-refractivity contribution in [2.75, 3.05) is 10.6 Å². The van der Waals surface area contributed by atoms with Gasteiger partial charge in [-0.2, -0.15) is 0 Å². The fraction of sp³-hybridized carbons (Fsp3) is 0.222. The molecule has 2 aromatic carbocycles. The van der Waals surface area contributed by atoms with Gasteiger partial charge in [-0.15, -0.1) is 0 Å². The highest BCUT2D eigenvalue weighted by Crippen LogP contribution is 2.22. The van der Waals surface area contributed by atoms with Gasteiger partial charge in [0.1, 0.15) is 6.04 Å². The maximum Gasteiger partial charge on any atom is 0.319 e. The van der Waals surface area contributed by atoms with Crippen LogP contribution < -0.4 is 21.7 Å². The van der Waals surface area contributed by atoms with E-state index in [-0.39, 0.29) is 12.1 Å². The summed E-state index contributed by atoms with van der Waals surface area (Å²) >= 11 is 0. The van der Waals surface area contributed by atoms with Gasteiger partial charge in [-0.05, 0) is 37.6 Å². The fourth-order valence-electron chi connectivity index (χ4n) is 2.25. The molecule has 5 N–H and O–H groups in total. The molecule has 0 spiro atoms. The van der Waals surface area contributed by atoms with E-state index in [9.17, 15) is 9.59 Å². The van der Waals surface area contributed by atoms with E-state index in [0.717, 1.165) is 5.56 Å². The molecule has 0 unspecified atom stereocenters. The van der Waals surface area contributed by atoms with Gasteiger partial charge < -0.3 is 21.7 Å². The van der Waals surface area contributed by atoms with Crippen LogP contribution in [0.2, 0.25) is 0 Å². The van der Waals surface area contributed by atoms with Crippen LogP contribution in [-0.4, -0.2) is 18.0 Å². The molecule has 6 heteroatoms. The normalized spacial score (nSPS) is 11.6. The predicted octanol–water partition coefficient (Wildman–Crippen LogP) is 2.86. The summed E-state index contributed by atoms with van der Waals surface area (Å²) in [7, 11) is 0. The Bertz CT molecular complexity index is 701. The van der Waals surface area contributed by atoms with Crippen LogP contribution in [0.3, 0.4) is 0 Å². The van der Waals surface area contributed by atoms with Crippen LogP contribution in [0.25, 0.3) is 0 Å². The highest BCUT2D eigenvalue weighted by Gasteiger charge is 2.17. The number of carbonyl (C=O) groups excluding carboxylic acids is 2. The minimum absolute atomic E-state index is 0.0450. The largest absolute Gasteiger partial charge is 0.370 e. The zero-order valence-electron chi connectivity index (χ0n) is 13.7. The van der Waals surface area contributed by atoms with Crippen molar-refractivity contribution in [3.63, 3.8) is 0 Å². The lowest BCUT2D eigenvalue weighted by Crippen LogP contribution is -2.34. The van der Waals surface area contributed by atoms with Crippen LogP contribution in [0.15, 0.2) is 54.6 Å². The van der Waals surface area contributed by atoms with Gasteiger partial charge in [0.25, 0.3) is 0 Å². The van der Waals surface area contributed by atoms with Gasteiger partial charge >= 0.3 is 6.03 Å². The average molecular weight is 326 g/mol. The topological polar surface area (TPSA) is 96.2 Å². The summed E-state index contributed by atoms with van der Waals surface area (Å²) in [5.41, 5.74) is 7.59. The molecule has 24 heavy (non-hydrogen) atoms. The third-order valence-corrected chi connectivity index (χ3v) is 3.27. The lowest BCUT2D eigenvalue weighted by atomic mass is 10.1. The van der Waals surface area contributed by atoms with E-state index < -0.39 is 11.9 Å². The van der Waals surface area contributed by atoms with E-state index in [0.29, 0.717) is 11.4 Å². The molecule has 0 heterocycles. The number of amides is 3. The van der Waals surface area contributed by atoms with Crippen LogP contribution in [0.1, 0.15) is 25.5 Å². The number of nitrogens with one attached hydrogen (secondary N) is 3. The first-order chi connectivity index (χ1) is 11.5. The van der Waals surface area contributed by atoms with Crippen LogP contribution in [0.4, 0.5) is 16.2 Å². The van der Waals surface area contributed by atoms with E-state index in [1.165, 1.54) is 0 Å². The maximum atomic E-state index is 11.8. The van der Waals surface area contributed by atoms with Crippen LogP contribution in [0, 0.1) is 0 Å². The number of hydrogen-bond donors (Lipinski definition) is 4. The minimum Gasteiger partial charge on any atom is -0.370 e. The van der Waals surface area contributed by atoms with Crippen molar-refractivity contribution in [3.8, 4) is 0 Å². The van der Waals surface area contributed by atoms with Gasteiger partial charge in [0.05, 0.1) is 0 Å². The molecular formula is C18H22N4O2. The predicted molar refractivity (Wildman–Crippen MR) is 95.7 cm³/mol. The Hall–Kier alpha value is -3.02. The molecule has 0 radical (unpaired) electrons. The summed E-state index contributed by atoms with van der Waals surface area (Å²) in [6.45, 7) is 3.77. The number of rotatable bonds is 6. The van der Waals surface area contributed by atoms with Gasteiger partial charge in [-0.1, -0.05) is 36.4 Å². The van der Waals surface area contributed by atoms with Crippen molar-refractivity contribution < 1.29 is 9.59 Å². The second kappa shape index (κ2) is 8.01. The van der Waals surface area contributed by atoms with Gasteiger partial charge in [0, 0.05) is 17.4 Å². The summed E-state index contributed by atoms with van der Waals surface area (Å²) in [5, 5.41) is 8.60. The van der Waals surface area contributed by atoms with E-state index in [4.69, 9.17) is 5.73 Å². The molecule has 126 valence electrons. The zero-order valence-corrected chi connectivity index (χ0v) is 13.7. The smallest absolute Gasteiger partial charge is 0.319 e. The first-order valence-corrected chi connectivity index (χ1v) is 7.74. The average Bonchev–Trinajstić information content (AvgIpc) is 2.52. The molecule has 3 amide bonds. The molecule has 2 rings (SSSR count). The van der Waals surface area contributed by atoms with Crippen molar-refractivity contribution >= 4 is 23.3 Å². The SMILES string of the molecule is CC(C)NC(=O)Nc1cccc(N[C@H](C(N)=O)c2ccccc2)c1. The molecule has 0 aromatic heterocycles. The molecule has 6 nitrogen and oxygen atoms in total. The zero-order chi connectivity index (χ0) is 17.5. The Morgan fingerprint density at radius 3 is 2.25 bits per heavy atom. The molecule has 0 aliphatic heterocycles.